The van der Waals surface area contributed by atoms with E-state index in [1.54, 1.807) is 13.2 Å². The Bertz CT molecular complexity index is 191. The fraction of sp³-hybridized carbons (Fsp3) is 0.250. The van der Waals surface area contributed by atoms with E-state index in [0.717, 1.165) is 11.3 Å². The van der Waals surface area contributed by atoms with Crippen molar-refractivity contribution in [3.8, 4) is 5.75 Å². The van der Waals surface area contributed by atoms with Gasteiger partial charge in [-0.3, -0.25) is 0 Å². The van der Waals surface area contributed by atoms with E-state index in [1.165, 1.54) is 0 Å². The average Bonchev–Trinajstić information content (AvgIpc) is 2.05. The first-order valence-electron chi connectivity index (χ1n) is 3.11. The highest BCUT2D eigenvalue weighted by molar-refractivity contribution is 5.27. The summed E-state index contributed by atoms with van der Waals surface area (Å²) in [6.45, 7) is 0.511. The number of rotatable bonds is 2. The molecule has 0 saturated heterocycles. The SMILES string of the molecule is COc1cc[c]c(CN)c1. The molecule has 0 amide bonds. The van der Waals surface area contributed by atoms with Gasteiger partial charge >= 0.3 is 0 Å². The van der Waals surface area contributed by atoms with E-state index in [-0.39, 0.29) is 0 Å². The van der Waals surface area contributed by atoms with Gasteiger partial charge in [0.05, 0.1) is 7.11 Å². The van der Waals surface area contributed by atoms with Crippen molar-refractivity contribution in [2.24, 2.45) is 5.73 Å². The Labute approximate surface area is 60.6 Å². The predicted octanol–water partition coefficient (Wildman–Crippen LogP) is 0.954. The fourth-order valence-corrected chi connectivity index (χ4v) is 0.737. The first-order valence-corrected chi connectivity index (χ1v) is 3.11. The van der Waals surface area contributed by atoms with Crippen molar-refractivity contribution < 1.29 is 4.74 Å². The van der Waals surface area contributed by atoms with Crippen molar-refractivity contribution in [2.45, 2.75) is 6.54 Å². The second-order valence-corrected chi connectivity index (χ2v) is 1.96. The van der Waals surface area contributed by atoms with Crippen LogP contribution in [0.25, 0.3) is 0 Å². The molecule has 0 bridgehead atoms. The molecule has 1 aromatic rings. The number of benzene rings is 1. The van der Waals surface area contributed by atoms with Crippen molar-refractivity contribution in [3.63, 3.8) is 0 Å². The van der Waals surface area contributed by atoms with Crippen molar-refractivity contribution in [1.29, 1.82) is 0 Å². The van der Waals surface area contributed by atoms with Crippen LogP contribution in [0.1, 0.15) is 5.56 Å². The van der Waals surface area contributed by atoms with Crippen LogP contribution < -0.4 is 10.5 Å². The third-order valence-electron chi connectivity index (χ3n) is 1.29. The van der Waals surface area contributed by atoms with Crippen LogP contribution in [-0.2, 0) is 6.54 Å². The highest BCUT2D eigenvalue weighted by atomic mass is 16.5. The molecule has 10 heavy (non-hydrogen) atoms. The Morgan fingerprint density at radius 3 is 3.10 bits per heavy atom. The lowest BCUT2D eigenvalue weighted by molar-refractivity contribution is 0.414. The maximum Gasteiger partial charge on any atom is 0.119 e. The Hall–Kier alpha value is -1.02. The molecule has 1 aromatic carbocycles. The Morgan fingerprint density at radius 1 is 1.70 bits per heavy atom. The molecular formula is C8H10NO. The molecule has 0 unspecified atom stereocenters. The lowest BCUT2D eigenvalue weighted by Crippen LogP contribution is -1.96. The average molecular weight is 136 g/mol. The quantitative estimate of drug-likeness (QED) is 0.657. The first-order chi connectivity index (χ1) is 4.86. The van der Waals surface area contributed by atoms with E-state index in [1.807, 2.05) is 12.1 Å². The summed E-state index contributed by atoms with van der Waals surface area (Å²) in [6.07, 6.45) is 0. The molecular weight excluding hydrogens is 126 g/mol. The van der Waals surface area contributed by atoms with E-state index >= 15 is 0 Å². The molecule has 0 spiro atoms. The minimum atomic E-state index is 0.511. The van der Waals surface area contributed by atoms with Gasteiger partial charge in [-0.15, -0.1) is 0 Å². The smallest absolute Gasteiger partial charge is 0.119 e. The topological polar surface area (TPSA) is 35.2 Å². The molecule has 0 aliphatic heterocycles. The third kappa shape index (κ3) is 1.48. The zero-order valence-electron chi connectivity index (χ0n) is 5.92. The van der Waals surface area contributed by atoms with Crippen molar-refractivity contribution in [1.82, 2.24) is 0 Å². The summed E-state index contributed by atoms with van der Waals surface area (Å²) in [7, 11) is 1.63. The largest absolute Gasteiger partial charge is 0.497 e. The summed E-state index contributed by atoms with van der Waals surface area (Å²) in [6, 6.07) is 8.52. The maximum absolute atomic E-state index is 5.39. The highest BCUT2D eigenvalue weighted by Crippen LogP contribution is 2.10. The lowest BCUT2D eigenvalue weighted by atomic mass is 10.2. The summed E-state index contributed by atoms with van der Waals surface area (Å²) in [4.78, 5) is 0. The van der Waals surface area contributed by atoms with Gasteiger partial charge in [-0.1, -0.05) is 6.07 Å². The van der Waals surface area contributed by atoms with E-state index in [2.05, 4.69) is 6.07 Å². The van der Waals surface area contributed by atoms with Gasteiger partial charge in [-0.05, 0) is 23.8 Å². The Balaban J connectivity index is 2.87. The molecule has 0 fully saturated rings. The molecule has 0 aromatic heterocycles. The molecule has 1 rings (SSSR count). The molecule has 0 heterocycles. The molecule has 1 radical (unpaired) electrons. The number of hydrogen-bond acceptors (Lipinski definition) is 2. The van der Waals surface area contributed by atoms with E-state index in [9.17, 15) is 0 Å². The molecule has 0 saturated carbocycles. The van der Waals surface area contributed by atoms with Crippen LogP contribution in [0.15, 0.2) is 18.2 Å². The summed E-state index contributed by atoms with van der Waals surface area (Å²) < 4.78 is 4.98. The summed E-state index contributed by atoms with van der Waals surface area (Å²) in [5, 5.41) is 0. The lowest BCUT2D eigenvalue weighted by Gasteiger charge is -1.99. The van der Waals surface area contributed by atoms with Crippen LogP contribution in [0.5, 0.6) is 5.75 Å². The van der Waals surface area contributed by atoms with Crippen LogP contribution in [0.2, 0.25) is 0 Å². The molecule has 53 valence electrons. The second-order valence-electron chi connectivity index (χ2n) is 1.96. The van der Waals surface area contributed by atoms with Crippen LogP contribution in [0.4, 0.5) is 0 Å². The second kappa shape index (κ2) is 3.22. The number of hydrogen-bond donors (Lipinski definition) is 1. The van der Waals surface area contributed by atoms with Gasteiger partial charge in [0.25, 0.3) is 0 Å². The third-order valence-corrected chi connectivity index (χ3v) is 1.29. The van der Waals surface area contributed by atoms with Gasteiger partial charge in [-0.25, -0.2) is 0 Å². The van der Waals surface area contributed by atoms with Crippen molar-refractivity contribution in [3.05, 3.63) is 29.8 Å². The van der Waals surface area contributed by atoms with E-state index < -0.39 is 0 Å². The molecule has 2 N–H and O–H groups in total. The minimum absolute atomic E-state index is 0.511. The van der Waals surface area contributed by atoms with Gasteiger partial charge in [0.2, 0.25) is 0 Å². The summed E-state index contributed by atoms with van der Waals surface area (Å²) >= 11 is 0. The molecule has 0 aliphatic carbocycles. The fourth-order valence-electron chi connectivity index (χ4n) is 0.737. The van der Waals surface area contributed by atoms with Crippen molar-refractivity contribution in [2.75, 3.05) is 7.11 Å². The van der Waals surface area contributed by atoms with Gasteiger partial charge < -0.3 is 10.5 Å². The highest BCUT2D eigenvalue weighted by Gasteiger charge is 1.91. The molecule has 2 nitrogen and oxygen atoms in total. The zero-order chi connectivity index (χ0) is 7.40. The van der Waals surface area contributed by atoms with E-state index in [0.29, 0.717) is 6.54 Å². The van der Waals surface area contributed by atoms with Crippen LogP contribution in [-0.4, -0.2) is 7.11 Å². The van der Waals surface area contributed by atoms with Gasteiger partial charge in [-0.2, -0.15) is 0 Å². The first kappa shape index (κ1) is 7.09. The molecule has 0 aliphatic rings. The summed E-state index contributed by atoms with van der Waals surface area (Å²) in [5.74, 6) is 0.833. The van der Waals surface area contributed by atoms with Crippen molar-refractivity contribution >= 4 is 0 Å². The van der Waals surface area contributed by atoms with Crippen LogP contribution in [0.3, 0.4) is 0 Å². The molecule has 2 heteroatoms. The number of methoxy groups -OCH3 is 1. The standard InChI is InChI=1S/C8H10NO/c1-10-8-4-2-3-7(5-8)6-9/h2,4-5H,6,9H2,1H3. The predicted molar refractivity (Wildman–Crippen MR) is 39.7 cm³/mol. The van der Waals surface area contributed by atoms with Gasteiger partial charge in [0.1, 0.15) is 5.75 Å². The van der Waals surface area contributed by atoms with E-state index in [4.69, 9.17) is 10.5 Å². The monoisotopic (exact) mass is 136 g/mol. The van der Waals surface area contributed by atoms with Gasteiger partial charge in [0.15, 0.2) is 0 Å². The van der Waals surface area contributed by atoms with Crippen LogP contribution in [0, 0.1) is 6.07 Å². The summed E-state index contributed by atoms with van der Waals surface area (Å²) in [5.41, 5.74) is 6.36. The zero-order valence-corrected chi connectivity index (χ0v) is 5.92. The Morgan fingerprint density at radius 2 is 2.50 bits per heavy atom. The Kier molecular flexibility index (Phi) is 2.29. The van der Waals surface area contributed by atoms with Crippen LogP contribution >= 0.6 is 0 Å². The van der Waals surface area contributed by atoms with Gasteiger partial charge in [0, 0.05) is 6.54 Å². The normalized spacial score (nSPS) is 9.40. The minimum Gasteiger partial charge on any atom is -0.497 e. The molecule has 0 atom stereocenters. The number of ether oxygens (including phenoxy) is 1. The number of nitrogens with two attached hydrogens (primary N) is 1. The maximum atomic E-state index is 5.39.